The monoisotopic (exact) mass is 391 g/mol. The van der Waals surface area contributed by atoms with Gasteiger partial charge in [-0.25, -0.2) is 0 Å². The highest BCUT2D eigenvalue weighted by atomic mass is 79.9. The van der Waals surface area contributed by atoms with Crippen molar-refractivity contribution in [3.05, 3.63) is 57.5 Å². The van der Waals surface area contributed by atoms with Crippen LogP contribution in [0.15, 0.2) is 39.4 Å². The van der Waals surface area contributed by atoms with Crippen molar-refractivity contribution >= 4 is 27.8 Å². The summed E-state index contributed by atoms with van der Waals surface area (Å²) in [5.41, 5.74) is 2.13. The predicted octanol–water partition coefficient (Wildman–Crippen LogP) is 3.44. The normalized spacial score (nSPS) is 15.1. The Balaban J connectivity index is 1.74. The molecule has 0 saturated heterocycles. The van der Waals surface area contributed by atoms with Gasteiger partial charge in [0.1, 0.15) is 12.2 Å². The number of aliphatic carboxylic acids is 1. The second kappa shape index (κ2) is 6.43. The number of halogens is 1. The van der Waals surface area contributed by atoms with Crippen molar-refractivity contribution in [2.75, 3.05) is 6.54 Å². The number of carboxylic acid groups (broad SMARTS) is 1. The summed E-state index contributed by atoms with van der Waals surface area (Å²) in [6.45, 7) is 2.26. The van der Waals surface area contributed by atoms with E-state index in [9.17, 15) is 9.59 Å². The number of amides is 1. The minimum atomic E-state index is -1.02. The molecule has 1 fully saturated rings. The lowest BCUT2D eigenvalue weighted by molar-refractivity contribution is -0.136. The number of benzene rings is 1. The minimum absolute atomic E-state index is 0.0413. The van der Waals surface area contributed by atoms with Crippen molar-refractivity contribution in [2.45, 2.75) is 31.6 Å². The number of hydrogen-bond donors (Lipinski definition) is 2. The molecule has 0 aliphatic heterocycles. The van der Waals surface area contributed by atoms with Gasteiger partial charge in [0, 0.05) is 22.0 Å². The van der Waals surface area contributed by atoms with Gasteiger partial charge in [-0.2, -0.15) is 0 Å². The SMILES string of the molecule is Cc1coc(CC(=O)O)c1C(=O)NCC1(c2ccccc2Br)CC1. The third-order valence-electron chi connectivity index (χ3n) is 4.48. The van der Waals surface area contributed by atoms with Crippen LogP contribution in [0.4, 0.5) is 0 Å². The maximum atomic E-state index is 12.5. The molecule has 1 heterocycles. The van der Waals surface area contributed by atoms with Gasteiger partial charge < -0.3 is 14.8 Å². The molecule has 24 heavy (non-hydrogen) atoms. The predicted molar refractivity (Wildman–Crippen MR) is 92.2 cm³/mol. The van der Waals surface area contributed by atoms with Crippen molar-refractivity contribution < 1.29 is 19.1 Å². The second-order valence-corrected chi connectivity index (χ2v) is 7.08. The van der Waals surface area contributed by atoms with E-state index in [4.69, 9.17) is 9.52 Å². The van der Waals surface area contributed by atoms with Gasteiger partial charge in [0.05, 0.1) is 11.8 Å². The number of furan rings is 1. The van der Waals surface area contributed by atoms with E-state index in [0.29, 0.717) is 17.7 Å². The standard InChI is InChI=1S/C18H18BrNO4/c1-11-9-24-14(8-15(21)22)16(11)17(23)20-10-18(6-7-18)12-4-2-3-5-13(12)19/h2-5,9H,6-8,10H2,1H3,(H,20,23)(H,21,22). The molecule has 1 aromatic heterocycles. The van der Waals surface area contributed by atoms with Crippen molar-refractivity contribution in [3.63, 3.8) is 0 Å². The Hall–Kier alpha value is -2.08. The molecular formula is C18H18BrNO4. The zero-order valence-electron chi connectivity index (χ0n) is 13.3. The van der Waals surface area contributed by atoms with Crippen molar-refractivity contribution in [3.8, 4) is 0 Å². The molecule has 0 bridgehead atoms. The molecule has 1 amide bonds. The van der Waals surface area contributed by atoms with E-state index in [1.165, 1.54) is 11.8 Å². The van der Waals surface area contributed by atoms with E-state index in [1.807, 2.05) is 18.2 Å². The Morgan fingerprint density at radius 2 is 2.04 bits per heavy atom. The maximum Gasteiger partial charge on any atom is 0.311 e. The van der Waals surface area contributed by atoms with Crippen LogP contribution in [0, 0.1) is 6.92 Å². The molecule has 1 aliphatic carbocycles. The molecule has 126 valence electrons. The first-order valence-electron chi connectivity index (χ1n) is 7.75. The first kappa shape index (κ1) is 16.8. The summed E-state index contributed by atoms with van der Waals surface area (Å²) in [6.07, 6.45) is 3.16. The first-order chi connectivity index (χ1) is 11.4. The minimum Gasteiger partial charge on any atom is -0.481 e. The van der Waals surface area contributed by atoms with Gasteiger partial charge in [0.25, 0.3) is 5.91 Å². The van der Waals surface area contributed by atoms with Crippen LogP contribution in [0.3, 0.4) is 0 Å². The molecule has 3 rings (SSSR count). The Morgan fingerprint density at radius 3 is 2.67 bits per heavy atom. The van der Waals surface area contributed by atoms with Crippen LogP contribution < -0.4 is 5.32 Å². The quantitative estimate of drug-likeness (QED) is 0.790. The van der Waals surface area contributed by atoms with Gasteiger partial charge in [-0.05, 0) is 31.4 Å². The molecule has 0 atom stereocenters. The highest BCUT2D eigenvalue weighted by Gasteiger charge is 2.45. The van der Waals surface area contributed by atoms with Crippen LogP contribution in [0.2, 0.25) is 0 Å². The van der Waals surface area contributed by atoms with Gasteiger partial charge >= 0.3 is 5.97 Å². The number of hydrogen-bond acceptors (Lipinski definition) is 3. The van der Waals surface area contributed by atoms with Gasteiger partial charge in [-0.3, -0.25) is 9.59 Å². The molecule has 5 nitrogen and oxygen atoms in total. The third-order valence-corrected chi connectivity index (χ3v) is 5.17. The van der Waals surface area contributed by atoms with E-state index in [1.54, 1.807) is 6.92 Å². The molecule has 0 radical (unpaired) electrons. The summed E-state index contributed by atoms with van der Waals surface area (Å²) in [7, 11) is 0. The van der Waals surface area contributed by atoms with Crippen molar-refractivity contribution in [1.29, 1.82) is 0 Å². The molecule has 2 N–H and O–H groups in total. The second-order valence-electron chi connectivity index (χ2n) is 6.23. The Morgan fingerprint density at radius 1 is 1.33 bits per heavy atom. The van der Waals surface area contributed by atoms with Crippen molar-refractivity contribution in [2.24, 2.45) is 0 Å². The van der Waals surface area contributed by atoms with Crippen LogP contribution >= 0.6 is 15.9 Å². The molecule has 2 aromatic rings. The third kappa shape index (κ3) is 3.24. The number of nitrogens with one attached hydrogen (secondary N) is 1. The van der Waals surface area contributed by atoms with E-state index in [2.05, 4.69) is 27.3 Å². The molecule has 1 aliphatic rings. The van der Waals surface area contributed by atoms with E-state index >= 15 is 0 Å². The Kier molecular flexibility index (Phi) is 4.49. The van der Waals surface area contributed by atoms with Crippen LogP contribution in [0.5, 0.6) is 0 Å². The lowest BCUT2D eigenvalue weighted by atomic mass is 9.95. The Bertz CT molecular complexity index is 792. The van der Waals surface area contributed by atoms with E-state index in [0.717, 1.165) is 17.3 Å². The van der Waals surface area contributed by atoms with E-state index in [-0.39, 0.29) is 23.5 Å². The summed E-state index contributed by atoms with van der Waals surface area (Å²) in [6, 6.07) is 8.03. The smallest absolute Gasteiger partial charge is 0.311 e. The lowest BCUT2D eigenvalue weighted by Gasteiger charge is -2.18. The van der Waals surface area contributed by atoms with Crippen LogP contribution in [-0.2, 0) is 16.6 Å². The molecule has 0 spiro atoms. The van der Waals surface area contributed by atoms with Gasteiger partial charge in [-0.1, -0.05) is 34.1 Å². The lowest BCUT2D eigenvalue weighted by Crippen LogP contribution is -2.33. The zero-order valence-corrected chi connectivity index (χ0v) is 14.9. The highest BCUT2D eigenvalue weighted by Crippen LogP contribution is 2.49. The largest absolute Gasteiger partial charge is 0.481 e. The average molecular weight is 392 g/mol. The molecule has 0 unspecified atom stereocenters. The number of aryl methyl sites for hydroxylation is 1. The fourth-order valence-corrected chi connectivity index (χ4v) is 3.70. The first-order valence-corrected chi connectivity index (χ1v) is 8.54. The molecule has 1 saturated carbocycles. The van der Waals surface area contributed by atoms with Crippen LogP contribution in [-0.4, -0.2) is 23.5 Å². The topological polar surface area (TPSA) is 79.5 Å². The van der Waals surface area contributed by atoms with Gasteiger partial charge in [-0.15, -0.1) is 0 Å². The summed E-state index contributed by atoms with van der Waals surface area (Å²) < 4.78 is 6.27. The molecular weight excluding hydrogens is 374 g/mol. The number of carbonyl (C=O) groups is 2. The fourth-order valence-electron chi connectivity index (χ4n) is 2.99. The summed E-state index contributed by atoms with van der Waals surface area (Å²) >= 11 is 3.58. The summed E-state index contributed by atoms with van der Waals surface area (Å²) in [4.78, 5) is 23.4. The highest BCUT2D eigenvalue weighted by molar-refractivity contribution is 9.10. The van der Waals surface area contributed by atoms with Gasteiger partial charge in [0.15, 0.2) is 0 Å². The molecule has 6 heteroatoms. The number of carboxylic acids is 1. The average Bonchev–Trinajstić information content (AvgIpc) is 3.23. The Labute approximate surface area is 148 Å². The maximum absolute atomic E-state index is 12.5. The fraction of sp³-hybridized carbons (Fsp3) is 0.333. The summed E-state index contributed by atoms with van der Waals surface area (Å²) in [5.74, 6) is -1.11. The number of rotatable bonds is 6. The van der Waals surface area contributed by atoms with Crippen LogP contribution in [0.1, 0.15) is 40.1 Å². The van der Waals surface area contributed by atoms with E-state index < -0.39 is 5.97 Å². The zero-order chi connectivity index (χ0) is 17.3. The number of carbonyl (C=O) groups excluding carboxylic acids is 1. The van der Waals surface area contributed by atoms with Crippen LogP contribution in [0.25, 0.3) is 0 Å². The molecule has 1 aromatic carbocycles. The summed E-state index contributed by atoms with van der Waals surface area (Å²) in [5, 5.41) is 11.9. The van der Waals surface area contributed by atoms with Crippen molar-refractivity contribution in [1.82, 2.24) is 5.32 Å². The van der Waals surface area contributed by atoms with Gasteiger partial charge in [0.2, 0.25) is 0 Å².